The average molecular weight is 577 g/mol. The van der Waals surface area contributed by atoms with Crippen LogP contribution in [0.5, 0.6) is 11.5 Å². The van der Waals surface area contributed by atoms with Crippen LogP contribution in [0.15, 0.2) is 84.9 Å². The fourth-order valence-electron chi connectivity index (χ4n) is 4.54. The summed E-state index contributed by atoms with van der Waals surface area (Å²) in [5.74, 6) is 0.996. The van der Waals surface area contributed by atoms with E-state index in [4.69, 9.17) is 18.9 Å². The summed E-state index contributed by atoms with van der Waals surface area (Å²) in [7, 11) is 2.80. The quantitative estimate of drug-likeness (QED) is 0.0885. The Hall–Kier alpha value is -4.13. The Balaban J connectivity index is 1.46. The van der Waals surface area contributed by atoms with E-state index in [0.717, 1.165) is 56.3 Å². The molecule has 3 aromatic rings. The maximum atomic E-state index is 13.0. The van der Waals surface area contributed by atoms with Gasteiger partial charge in [0.15, 0.2) is 0 Å². The third-order valence-electron chi connectivity index (χ3n) is 6.85. The lowest BCUT2D eigenvalue weighted by atomic mass is 9.92. The van der Waals surface area contributed by atoms with Gasteiger partial charge in [-0.25, -0.2) is 9.18 Å². The number of allylic oxidation sites excluding steroid dienone is 2. The molecule has 0 amide bonds. The minimum Gasteiger partial charge on any atom is -0.493 e. The average Bonchev–Trinajstić information content (AvgIpc) is 3.02. The molecule has 1 unspecified atom stereocenters. The Morgan fingerprint density at radius 2 is 1.55 bits per heavy atom. The van der Waals surface area contributed by atoms with Crippen LogP contribution in [0.4, 0.5) is 4.39 Å². The Kier molecular flexibility index (Phi) is 14.1. The maximum absolute atomic E-state index is 13.0. The van der Waals surface area contributed by atoms with Gasteiger partial charge in [0.25, 0.3) is 0 Å². The van der Waals surface area contributed by atoms with Gasteiger partial charge in [0.05, 0.1) is 33.0 Å². The topological polar surface area (TPSA) is 71.1 Å². The number of hydrogen-bond acceptors (Lipinski definition) is 6. The molecule has 0 aromatic heterocycles. The monoisotopic (exact) mass is 576 g/mol. The van der Waals surface area contributed by atoms with E-state index in [0.29, 0.717) is 36.9 Å². The summed E-state index contributed by atoms with van der Waals surface area (Å²) < 4.78 is 34.1. The predicted octanol–water partition coefficient (Wildman–Crippen LogP) is 7.54. The van der Waals surface area contributed by atoms with E-state index < -0.39 is 0 Å². The predicted molar refractivity (Wildman–Crippen MR) is 161 cm³/mol. The van der Waals surface area contributed by atoms with Crippen LogP contribution in [-0.4, -0.2) is 39.4 Å². The number of rotatable bonds is 18. The lowest BCUT2D eigenvalue weighted by Gasteiger charge is -2.13. The van der Waals surface area contributed by atoms with Gasteiger partial charge in [-0.15, -0.1) is 0 Å². The van der Waals surface area contributed by atoms with Crippen molar-refractivity contribution >= 4 is 11.9 Å². The first-order valence-electron chi connectivity index (χ1n) is 14.5. The van der Waals surface area contributed by atoms with E-state index in [-0.39, 0.29) is 17.8 Å². The van der Waals surface area contributed by atoms with Gasteiger partial charge >= 0.3 is 11.9 Å². The third-order valence-corrected chi connectivity index (χ3v) is 6.85. The molecule has 0 N–H and O–H groups in total. The van der Waals surface area contributed by atoms with Gasteiger partial charge in [-0.3, -0.25) is 4.79 Å². The molecule has 0 fully saturated rings. The maximum Gasteiger partial charge on any atom is 0.337 e. The number of halogens is 1. The smallest absolute Gasteiger partial charge is 0.337 e. The molecule has 7 heteroatoms. The van der Waals surface area contributed by atoms with Gasteiger partial charge in [0, 0.05) is 12.8 Å². The summed E-state index contributed by atoms with van der Waals surface area (Å²) in [5, 5.41) is 0. The van der Waals surface area contributed by atoms with Crippen LogP contribution in [0.1, 0.15) is 60.0 Å². The molecule has 0 bridgehead atoms. The molecule has 1 atom stereocenters. The first-order chi connectivity index (χ1) is 20.5. The number of ether oxygens (including phenoxy) is 4. The first kappa shape index (κ1) is 32.4. The number of esters is 2. The number of methoxy groups -OCH3 is 2. The van der Waals surface area contributed by atoms with E-state index in [1.54, 1.807) is 24.3 Å². The molecule has 0 radical (unpaired) electrons. The number of hydrogen-bond donors (Lipinski definition) is 0. The highest BCUT2D eigenvalue weighted by atomic mass is 19.1. The Labute approximate surface area is 248 Å². The molecule has 0 aliphatic rings. The highest BCUT2D eigenvalue weighted by Gasteiger charge is 2.10. The Morgan fingerprint density at radius 3 is 2.26 bits per heavy atom. The molecule has 42 heavy (non-hydrogen) atoms. The van der Waals surface area contributed by atoms with Crippen molar-refractivity contribution in [3.05, 3.63) is 107 Å². The molecule has 0 aliphatic carbocycles. The van der Waals surface area contributed by atoms with Crippen LogP contribution in [0, 0.1) is 11.7 Å². The summed E-state index contributed by atoms with van der Waals surface area (Å²) in [6.07, 6.45) is 11.0. The third kappa shape index (κ3) is 12.2. The zero-order chi connectivity index (χ0) is 30.0. The van der Waals surface area contributed by atoms with Gasteiger partial charge in [-0.2, -0.15) is 0 Å². The zero-order valence-electron chi connectivity index (χ0n) is 24.6. The minimum absolute atomic E-state index is 0.176. The normalized spacial score (nSPS) is 11.7. The minimum atomic E-state index is -0.342. The van der Waals surface area contributed by atoms with E-state index in [1.165, 1.54) is 31.9 Å². The largest absolute Gasteiger partial charge is 0.493 e. The molecule has 6 nitrogen and oxygen atoms in total. The van der Waals surface area contributed by atoms with E-state index >= 15 is 0 Å². The van der Waals surface area contributed by atoms with E-state index in [1.807, 2.05) is 24.3 Å². The lowest BCUT2D eigenvalue weighted by molar-refractivity contribution is -0.140. The number of benzene rings is 3. The molecular formula is C35H41FO6. The van der Waals surface area contributed by atoms with Crippen molar-refractivity contribution < 1.29 is 32.9 Å². The van der Waals surface area contributed by atoms with Crippen LogP contribution < -0.4 is 9.47 Å². The summed E-state index contributed by atoms with van der Waals surface area (Å²) in [6, 6.07) is 21.7. The molecule has 0 saturated carbocycles. The summed E-state index contributed by atoms with van der Waals surface area (Å²) >= 11 is 0. The van der Waals surface area contributed by atoms with Crippen LogP contribution in [0.3, 0.4) is 0 Å². The standard InChI is InChI=1S/C35H41FO6/c1-39-34(37)14-6-5-10-27(25-29-15-17-30(18-16-29)35(38)40-2)9-3-4-11-28-12-7-13-33(26-28)42-24-8-23-41-32-21-19-31(36)20-22-32/h3,7,9,12-13,15-22,26-27H,4-6,8,10-11,14,23-25H2,1-2H3. The number of aryl methyl sites for hydroxylation is 1. The number of carbonyl (C=O) groups excluding carboxylic acids is 2. The van der Waals surface area contributed by atoms with Crippen molar-refractivity contribution in [2.24, 2.45) is 5.92 Å². The van der Waals surface area contributed by atoms with Crippen molar-refractivity contribution in [2.75, 3.05) is 27.4 Å². The van der Waals surface area contributed by atoms with Crippen LogP contribution in [-0.2, 0) is 27.1 Å². The molecule has 0 saturated heterocycles. The summed E-state index contributed by atoms with van der Waals surface area (Å²) in [5.41, 5.74) is 2.89. The summed E-state index contributed by atoms with van der Waals surface area (Å²) in [6.45, 7) is 1.03. The molecular weight excluding hydrogens is 535 g/mol. The number of unbranched alkanes of at least 4 members (excludes halogenated alkanes) is 1. The van der Waals surface area contributed by atoms with Gasteiger partial charge in [0.2, 0.25) is 0 Å². The fraction of sp³-hybridized carbons (Fsp3) is 0.371. The van der Waals surface area contributed by atoms with Crippen molar-refractivity contribution in [1.29, 1.82) is 0 Å². The van der Waals surface area contributed by atoms with Gasteiger partial charge in [0.1, 0.15) is 17.3 Å². The summed E-state index contributed by atoms with van der Waals surface area (Å²) in [4.78, 5) is 23.2. The fourth-order valence-corrected chi connectivity index (χ4v) is 4.54. The van der Waals surface area contributed by atoms with Gasteiger partial charge in [-0.05, 0) is 97.7 Å². The number of carbonyl (C=O) groups is 2. The zero-order valence-corrected chi connectivity index (χ0v) is 24.6. The molecule has 0 aliphatic heterocycles. The molecule has 224 valence electrons. The van der Waals surface area contributed by atoms with Crippen LogP contribution >= 0.6 is 0 Å². The van der Waals surface area contributed by atoms with Crippen LogP contribution in [0.25, 0.3) is 0 Å². The van der Waals surface area contributed by atoms with Crippen LogP contribution in [0.2, 0.25) is 0 Å². The second-order valence-corrected chi connectivity index (χ2v) is 10.1. The van der Waals surface area contributed by atoms with Gasteiger partial charge in [-0.1, -0.05) is 42.8 Å². The molecule has 3 rings (SSSR count). The first-order valence-corrected chi connectivity index (χ1v) is 14.5. The SMILES string of the molecule is COC(=O)CCCCC(C=CCCc1cccc(OCCCOc2ccc(F)cc2)c1)Cc1ccc(C(=O)OC)cc1. The second kappa shape index (κ2) is 18.3. The Morgan fingerprint density at radius 1 is 0.810 bits per heavy atom. The van der Waals surface area contributed by atoms with Crippen molar-refractivity contribution in [1.82, 2.24) is 0 Å². The second-order valence-electron chi connectivity index (χ2n) is 10.1. The van der Waals surface area contributed by atoms with Crippen molar-refractivity contribution in [2.45, 2.75) is 51.4 Å². The highest BCUT2D eigenvalue weighted by molar-refractivity contribution is 5.89. The highest BCUT2D eigenvalue weighted by Crippen LogP contribution is 2.20. The van der Waals surface area contributed by atoms with Crippen molar-refractivity contribution in [3.8, 4) is 11.5 Å². The van der Waals surface area contributed by atoms with E-state index in [9.17, 15) is 14.0 Å². The Bertz CT molecular complexity index is 1250. The molecule has 0 heterocycles. The lowest BCUT2D eigenvalue weighted by Crippen LogP contribution is -2.05. The van der Waals surface area contributed by atoms with Gasteiger partial charge < -0.3 is 18.9 Å². The molecule has 3 aromatic carbocycles. The van der Waals surface area contributed by atoms with Crippen molar-refractivity contribution in [3.63, 3.8) is 0 Å². The van der Waals surface area contributed by atoms with E-state index in [2.05, 4.69) is 24.3 Å². The molecule has 0 spiro atoms.